The maximum Gasteiger partial charge on any atom is 0.222 e. The zero-order chi connectivity index (χ0) is 19.8. The number of hydrogen-bond acceptors (Lipinski definition) is 5. The monoisotopic (exact) mass is 378 g/mol. The molecule has 0 amide bonds. The highest BCUT2D eigenvalue weighted by Crippen LogP contribution is 2.23. The molecule has 0 bridgehead atoms. The highest BCUT2D eigenvalue weighted by Gasteiger charge is 2.20. The molecule has 148 valence electrons. The van der Waals surface area contributed by atoms with Gasteiger partial charge in [0.1, 0.15) is 5.82 Å². The minimum atomic E-state index is -0.183. The van der Waals surface area contributed by atoms with Gasteiger partial charge in [0.25, 0.3) is 0 Å². The van der Waals surface area contributed by atoms with Gasteiger partial charge in [-0.2, -0.15) is 4.98 Å². The van der Waals surface area contributed by atoms with Crippen LogP contribution in [0, 0.1) is 11.8 Å². The number of hydrogen-bond donors (Lipinski definition) is 3. The summed E-state index contributed by atoms with van der Waals surface area (Å²) in [6, 6.07) is 8.74. The van der Waals surface area contributed by atoms with Gasteiger partial charge in [0.2, 0.25) is 5.95 Å². The van der Waals surface area contributed by atoms with E-state index in [1.807, 2.05) is 0 Å². The largest absolute Gasteiger partial charge is 0.393 e. The second kappa shape index (κ2) is 10.1. The highest BCUT2D eigenvalue weighted by atomic mass is 16.3. The van der Waals surface area contributed by atoms with E-state index >= 15 is 0 Å². The Morgan fingerprint density at radius 3 is 2.57 bits per heavy atom. The Hall–Kier alpha value is -2.58. The minimum Gasteiger partial charge on any atom is -0.393 e. The van der Waals surface area contributed by atoms with E-state index in [1.165, 1.54) is 24.8 Å². The Kier molecular flexibility index (Phi) is 7.27. The van der Waals surface area contributed by atoms with Gasteiger partial charge in [-0.3, -0.25) is 0 Å². The summed E-state index contributed by atoms with van der Waals surface area (Å²) in [5.41, 5.74) is 8.85. The Bertz CT molecular complexity index is 815. The van der Waals surface area contributed by atoms with Crippen LogP contribution in [0.1, 0.15) is 68.6 Å². The lowest BCUT2D eigenvalue weighted by molar-refractivity contribution is 0.126. The number of unbranched alkanes of at least 4 members (excludes halogenated alkanes) is 2. The van der Waals surface area contributed by atoms with Crippen molar-refractivity contribution >= 4 is 11.8 Å². The van der Waals surface area contributed by atoms with Crippen LogP contribution in [-0.2, 0) is 6.42 Å². The molecule has 1 aliphatic rings. The molecule has 28 heavy (non-hydrogen) atoms. The smallest absolute Gasteiger partial charge is 0.222 e. The molecule has 1 saturated carbocycles. The molecule has 4 N–H and O–H groups in total. The van der Waals surface area contributed by atoms with Crippen LogP contribution in [0.5, 0.6) is 0 Å². The maximum atomic E-state index is 9.69. The predicted molar refractivity (Wildman–Crippen MR) is 114 cm³/mol. The number of benzene rings is 1. The second-order valence-corrected chi connectivity index (χ2v) is 7.54. The first-order valence-corrected chi connectivity index (χ1v) is 10.3. The molecular weight excluding hydrogens is 348 g/mol. The molecule has 0 aliphatic heterocycles. The molecule has 5 heteroatoms. The number of aromatic nitrogens is 2. The van der Waals surface area contributed by atoms with Crippen LogP contribution in [0.25, 0.3) is 0 Å². The Morgan fingerprint density at radius 2 is 1.86 bits per heavy atom. The number of anilines is 2. The fourth-order valence-electron chi connectivity index (χ4n) is 3.48. The molecule has 0 atom stereocenters. The average molecular weight is 379 g/mol. The van der Waals surface area contributed by atoms with Crippen molar-refractivity contribution in [3.8, 4) is 11.8 Å². The van der Waals surface area contributed by atoms with E-state index in [9.17, 15) is 5.11 Å². The molecule has 2 aromatic rings. The molecule has 0 unspecified atom stereocenters. The summed E-state index contributed by atoms with van der Waals surface area (Å²) in [6.45, 7) is 2.22. The fourth-order valence-corrected chi connectivity index (χ4v) is 3.48. The van der Waals surface area contributed by atoms with Gasteiger partial charge in [-0.15, -0.1) is 0 Å². The zero-order valence-corrected chi connectivity index (χ0v) is 16.6. The number of aliphatic hydroxyl groups is 1. The van der Waals surface area contributed by atoms with Gasteiger partial charge in [-0.05, 0) is 56.2 Å². The van der Waals surface area contributed by atoms with Crippen LogP contribution in [-0.4, -0.2) is 27.2 Å². The van der Waals surface area contributed by atoms with Crippen LogP contribution in [0.4, 0.5) is 11.8 Å². The lowest BCUT2D eigenvalue weighted by atomic mass is 9.93. The third-order valence-electron chi connectivity index (χ3n) is 5.21. The van der Waals surface area contributed by atoms with Crippen molar-refractivity contribution in [2.24, 2.45) is 0 Å². The molecule has 1 aromatic heterocycles. The van der Waals surface area contributed by atoms with Crippen molar-refractivity contribution in [1.82, 2.24) is 9.97 Å². The number of aliphatic hydroxyl groups excluding tert-OH is 1. The van der Waals surface area contributed by atoms with Gasteiger partial charge >= 0.3 is 0 Å². The van der Waals surface area contributed by atoms with Crippen LogP contribution in [0.15, 0.2) is 30.5 Å². The summed E-state index contributed by atoms with van der Waals surface area (Å²) in [5, 5.41) is 13.1. The average Bonchev–Trinajstić information content (AvgIpc) is 2.70. The molecule has 1 heterocycles. The Balaban J connectivity index is 1.69. The highest BCUT2D eigenvalue weighted by molar-refractivity contribution is 5.57. The molecule has 0 spiro atoms. The molecule has 0 radical (unpaired) electrons. The van der Waals surface area contributed by atoms with Crippen molar-refractivity contribution in [3.05, 3.63) is 47.2 Å². The summed E-state index contributed by atoms with van der Waals surface area (Å²) in [6.07, 6.45) is 9.81. The van der Waals surface area contributed by atoms with E-state index in [-0.39, 0.29) is 18.1 Å². The third kappa shape index (κ3) is 5.97. The number of nitrogens with one attached hydrogen (secondary N) is 1. The standard InChI is InChI=1S/C23H30N4O/c1-2-3-4-5-17-6-8-18(9-7-17)10-11-19-16-25-23(24)27-22(19)26-20-12-14-21(28)15-13-20/h6-9,16,20-21,28H,2-5,12-15H2,1H3,(H3,24,25,26,27)/t20-,21-. The van der Waals surface area contributed by atoms with E-state index in [0.29, 0.717) is 5.82 Å². The number of aryl methyl sites for hydroxylation is 1. The van der Waals surface area contributed by atoms with Crippen molar-refractivity contribution < 1.29 is 5.11 Å². The first-order chi connectivity index (χ1) is 13.6. The normalized spacial score (nSPS) is 18.9. The van der Waals surface area contributed by atoms with Gasteiger partial charge in [0.05, 0.1) is 17.9 Å². The van der Waals surface area contributed by atoms with Crippen LogP contribution in [0.3, 0.4) is 0 Å². The number of rotatable bonds is 6. The number of nitrogens with two attached hydrogens (primary N) is 1. The molecular formula is C23H30N4O. The van der Waals surface area contributed by atoms with Crippen molar-refractivity contribution in [2.45, 2.75) is 70.4 Å². The van der Waals surface area contributed by atoms with Gasteiger partial charge in [-0.1, -0.05) is 43.7 Å². The first-order valence-electron chi connectivity index (χ1n) is 10.3. The van der Waals surface area contributed by atoms with E-state index in [2.05, 4.69) is 58.3 Å². The SMILES string of the molecule is CCCCCc1ccc(C#Cc2cnc(N)nc2N[C@H]2CC[C@H](O)CC2)cc1. The number of nitrogen functional groups attached to an aromatic ring is 1. The molecule has 5 nitrogen and oxygen atoms in total. The van der Waals surface area contributed by atoms with Crippen LogP contribution >= 0.6 is 0 Å². The van der Waals surface area contributed by atoms with Gasteiger partial charge in [-0.25, -0.2) is 4.98 Å². The molecule has 1 fully saturated rings. The van der Waals surface area contributed by atoms with E-state index in [1.54, 1.807) is 6.20 Å². The topological polar surface area (TPSA) is 84.1 Å². The lowest BCUT2D eigenvalue weighted by Gasteiger charge is -2.26. The van der Waals surface area contributed by atoms with Crippen molar-refractivity contribution in [2.75, 3.05) is 11.1 Å². The fraction of sp³-hybridized carbons (Fsp3) is 0.478. The molecule has 3 rings (SSSR count). The Morgan fingerprint density at radius 1 is 1.11 bits per heavy atom. The number of nitrogens with zero attached hydrogens (tertiary/aromatic N) is 2. The van der Waals surface area contributed by atoms with Crippen LogP contribution in [0.2, 0.25) is 0 Å². The first kappa shape index (κ1) is 20.2. The van der Waals surface area contributed by atoms with Crippen molar-refractivity contribution in [3.63, 3.8) is 0 Å². The maximum absolute atomic E-state index is 9.69. The van der Waals surface area contributed by atoms with E-state index in [0.717, 1.165) is 43.2 Å². The zero-order valence-electron chi connectivity index (χ0n) is 16.6. The third-order valence-corrected chi connectivity index (χ3v) is 5.21. The summed E-state index contributed by atoms with van der Waals surface area (Å²) < 4.78 is 0. The quantitative estimate of drug-likeness (QED) is 0.524. The molecule has 0 saturated heterocycles. The summed E-state index contributed by atoms with van der Waals surface area (Å²) in [5.74, 6) is 7.31. The summed E-state index contributed by atoms with van der Waals surface area (Å²) in [4.78, 5) is 8.44. The lowest BCUT2D eigenvalue weighted by Crippen LogP contribution is -2.29. The molecule has 1 aromatic carbocycles. The van der Waals surface area contributed by atoms with E-state index < -0.39 is 0 Å². The summed E-state index contributed by atoms with van der Waals surface area (Å²) >= 11 is 0. The van der Waals surface area contributed by atoms with Crippen LogP contribution < -0.4 is 11.1 Å². The Labute approximate surface area is 167 Å². The predicted octanol–water partition coefficient (Wildman–Crippen LogP) is 3.91. The van der Waals surface area contributed by atoms with Gasteiger partial charge in [0.15, 0.2) is 0 Å². The second-order valence-electron chi connectivity index (χ2n) is 7.54. The minimum absolute atomic E-state index is 0.183. The molecule has 1 aliphatic carbocycles. The summed E-state index contributed by atoms with van der Waals surface area (Å²) in [7, 11) is 0. The van der Waals surface area contributed by atoms with Gasteiger partial charge < -0.3 is 16.2 Å². The van der Waals surface area contributed by atoms with E-state index in [4.69, 9.17) is 5.73 Å². The van der Waals surface area contributed by atoms with Gasteiger partial charge in [0, 0.05) is 11.6 Å². The van der Waals surface area contributed by atoms with Crippen molar-refractivity contribution in [1.29, 1.82) is 0 Å².